The molecule has 2 heterocycles. The van der Waals surface area contributed by atoms with Crippen molar-refractivity contribution in [2.24, 2.45) is 0 Å². The lowest BCUT2D eigenvalue weighted by Gasteiger charge is -2.32. The van der Waals surface area contributed by atoms with E-state index < -0.39 is 9.84 Å². The Kier molecular flexibility index (Phi) is 8.60. The highest BCUT2D eigenvalue weighted by Crippen LogP contribution is 2.37. The lowest BCUT2D eigenvalue weighted by Crippen LogP contribution is -2.38. The number of benzene rings is 2. The van der Waals surface area contributed by atoms with Crippen LogP contribution in [0.15, 0.2) is 41.3 Å². The molecule has 0 bridgehead atoms. The van der Waals surface area contributed by atoms with Gasteiger partial charge in [-0.25, -0.2) is 8.42 Å². The van der Waals surface area contributed by atoms with E-state index in [2.05, 4.69) is 52.5 Å². The number of piperidine rings is 1. The summed E-state index contributed by atoms with van der Waals surface area (Å²) in [5.74, 6) is 6.86. The number of methoxy groups -OCH3 is 1. The van der Waals surface area contributed by atoms with Crippen LogP contribution in [0.4, 0.5) is 11.4 Å². The van der Waals surface area contributed by atoms with Gasteiger partial charge in [-0.2, -0.15) is 5.26 Å². The summed E-state index contributed by atoms with van der Waals surface area (Å²) in [5.41, 5.74) is 2.74. The Hall–Kier alpha value is -3.24. The van der Waals surface area contributed by atoms with E-state index >= 15 is 0 Å². The number of likely N-dealkylation sites (tertiary alicyclic amines) is 1. The van der Waals surface area contributed by atoms with Crippen LogP contribution >= 0.6 is 11.3 Å². The third-order valence-corrected chi connectivity index (χ3v) is 8.95. The van der Waals surface area contributed by atoms with Crippen LogP contribution in [0, 0.1) is 23.2 Å². The lowest BCUT2D eigenvalue weighted by atomic mass is 10.0. The molecule has 0 atom stereocenters. The number of nitrogens with zero attached hydrogens (tertiary/aromatic N) is 2. The molecule has 0 aliphatic carbocycles. The van der Waals surface area contributed by atoms with Crippen molar-refractivity contribution in [2.45, 2.75) is 37.1 Å². The summed E-state index contributed by atoms with van der Waals surface area (Å²) in [5, 5.41) is 17.5. The van der Waals surface area contributed by atoms with Gasteiger partial charge in [0.15, 0.2) is 9.84 Å². The topological polar surface area (TPSA) is 94.5 Å². The molecule has 0 unspecified atom stereocenters. The van der Waals surface area contributed by atoms with Crippen molar-refractivity contribution < 1.29 is 13.2 Å². The molecule has 194 valence electrons. The van der Waals surface area contributed by atoms with E-state index in [4.69, 9.17) is 4.74 Å². The zero-order chi connectivity index (χ0) is 26.4. The van der Waals surface area contributed by atoms with E-state index in [1.807, 2.05) is 6.07 Å². The largest absolute Gasteiger partial charge is 0.495 e. The van der Waals surface area contributed by atoms with Gasteiger partial charge in [-0.15, -0.1) is 11.3 Å². The molecule has 0 radical (unpaired) electrons. The van der Waals surface area contributed by atoms with E-state index in [9.17, 15) is 13.7 Å². The van der Waals surface area contributed by atoms with Crippen LogP contribution in [0.1, 0.15) is 30.2 Å². The van der Waals surface area contributed by atoms with Crippen molar-refractivity contribution >= 4 is 42.6 Å². The molecule has 1 aliphatic rings. The average Bonchev–Trinajstić information content (AvgIpc) is 3.25. The van der Waals surface area contributed by atoms with Crippen LogP contribution < -0.4 is 15.4 Å². The van der Waals surface area contributed by atoms with Crippen molar-refractivity contribution in [2.75, 3.05) is 50.2 Å². The van der Waals surface area contributed by atoms with Gasteiger partial charge >= 0.3 is 0 Å². The molecule has 2 N–H and O–H groups in total. The zero-order valence-corrected chi connectivity index (χ0v) is 23.1. The number of hydrogen-bond acceptors (Lipinski definition) is 8. The third kappa shape index (κ3) is 6.37. The number of nitriles is 1. The smallest absolute Gasteiger partial charge is 0.175 e. The first-order chi connectivity index (χ1) is 17.8. The van der Waals surface area contributed by atoms with Crippen molar-refractivity contribution in [1.29, 1.82) is 5.26 Å². The first kappa shape index (κ1) is 26.8. The maximum Gasteiger partial charge on any atom is 0.175 e. The van der Waals surface area contributed by atoms with Crippen LogP contribution in [0.25, 0.3) is 10.1 Å². The van der Waals surface area contributed by atoms with Gasteiger partial charge in [0.1, 0.15) is 5.75 Å². The molecule has 4 rings (SSSR count). The van der Waals surface area contributed by atoms with Crippen molar-refractivity contribution in [3.8, 4) is 23.7 Å². The normalized spacial score (nSPS) is 14.5. The summed E-state index contributed by atoms with van der Waals surface area (Å²) < 4.78 is 30.1. The second-order valence-corrected chi connectivity index (χ2v) is 12.1. The molecule has 3 aromatic rings. The molecule has 2 aromatic carbocycles. The molecule has 7 nitrogen and oxygen atoms in total. The number of thiophene rings is 1. The van der Waals surface area contributed by atoms with Crippen LogP contribution in [-0.4, -0.2) is 58.9 Å². The highest BCUT2D eigenvalue weighted by molar-refractivity contribution is 7.90. The summed E-state index contributed by atoms with van der Waals surface area (Å²) >= 11 is 1.63. The van der Waals surface area contributed by atoms with E-state index in [1.54, 1.807) is 23.5 Å². The molecule has 1 saturated heterocycles. The second-order valence-electron chi connectivity index (χ2n) is 9.07. The standard InChI is InChI=1S/C28H32N4O3S2/c1-4-32-17-13-20(14-18-32)31-25-8-5-7-23-22(12-15-29)27(36-28(23)25)9-6-16-30-24-11-10-21(37(3,33)34)19-26(24)35-2/h5,7-8,10-11,19-20,30-31H,4,12-14,16-18H2,1-3H3. The summed E-state index contributed by atoms with van der Waals surface area (Å²) in [6.07, 6.45) is 3.71. The highest BCUT2D eigenvalue weighted by Gasteiger charge is 2.20. The van der Waals surface area contributed by atoms with E-state index in [1.165, 1.54) is 19.4 Å². The molecule has 1 aliphatic heterocycles. The quantitative estimate of drug-likeness (QED) is 0.402. The molecule has 1 fully saturated rings. The third-order valence-electron chi connectivity index (χ3n) is 6.64. The van der Waals surface area contributed by atoms with Crippen LogP contribution in [0.2, 0.25) is 0 Å². The summed E-state index contributed by atoms with van der Waals surface area (Å²) in [6.45, 7) is 5.87. The van der Waals surface area contributed by atoms with Crippen LogP contribution in [-0.2, 0) is 16.3 Å². The van der Waals surface area contributed by atoms with Crippen molar-refractivity contribution in [1.82, 2.24) is 4.90 Å². The van der Waals surface area contributed by atoms with Gasteiger partial charge in [0.2, 0.25) is 0 Å². The van der Waals surface area contributed by atoms with Crippen LogP contribution in [0.5, 0.6) is 5.75 Å². The predicted octanol–water partition coefficient (Wildman–Crippen LogP) is 4.74. The Morgan fingerprint density at radius 1 is 1.19 bits per heavy atom. The Bertz CT molecular complexity index is 1470. The molecule has 0 spiro atoms. The number of sulfone groups is 1. The van der Waals surface area contributed by atoms with Gasteiger partial charge in [0, 0.05) is 42.4 Å². The SMILES string of the molecule is CCN1CCC(Nc2cccc3c(CC#N)c(C#CCNc4ccc(S(C)(=O)=O)cc4OC)sc23)CC1. The van der Waals surface area contributed by atoms with Crippen LogP contribution in [0.3, 0.4) is 0 Å². The van der Waals surface area contributed by atoms with E-state index in [0.717, 1.165) is 58.7 Å². The Morgan fingerprint density at radius 3 is 2.65 bits per heavy atom. The van der Waals surface area contributed by atoms with Gasteiger partial charge < -0.3 is 20.3 Å². The van der Waals surface area contributed by atoms with Gasteiger partial charge in [0.25, 0.3) is 0 Å². The molecule has 9 heteroatoms. The Morgan fingerprint density at radius 2 is 1.97 bits per heavy atom. The number of ether oxygens (including phenoxy) is 1. The molecule has 0 saturated carbocycles. The molecular weight excluding hydrogens is 504 g/mol. The first-order valence-electron chi connectivity index (χ1n) is 12.3. The van der Waals surface area contributed by atoms with Crippen molar-refractivity contribution in [3.05, 3.63) is 46.8 Å². The Balaban J connectivity index is 1.53. The maximum absolute atomic E-state index is 11.8. The summed E-state index contributed by atoms with van der Waals surface area (Å²) in [6, 6.07) is 13.7. The fourth-order valence-electron chi connectivity index (χ4n) is 4.57. The average molecular weight is 537 g/mol. The lowest BCUT2D eigenvalue weighted by molar-refractivity contribution is 0.229. The number of fused-ring (bicyclic) bond motifs is 1. The molecular formula is C28H32N4O3S2. The fraction of sp³-hybridized carbons (Fsp3) is 0.393. The number of hydrogen-bond donors (Lipinski definition) is 2. The maximum atomic E-state index is 11.8. The number of rotatable bonds is 8. The summed E-state index contributed by atoms with van der Waals surface area (Å²) in [4.78, 5) is 3.58. The molecule has 37 heavy (non-hydrogen) atoms. The van der Waals surface area contributed by atoms with Gasteiger partial charge in [-0.1, -0.05) is 30.9 Å². The van der Waals surface area contributed by atoms with E-state index in [-0.39, 0.29) is 4.90 Å². The summed E-state index contributed by atoms with van der Waals surface area (Å²) in [7, 11) is -1.82. The van der Waals surface area contributed by atoms with Gasteiger partial charge in [0.05, 0.1) is 52.0 Å². The fourth-order valence-corrected chi connectivity index (χ4v) is 6.37. The zero-order valence-electron chi connectivity index (χ0n) is 21.4. The molecule has 0 amide bonds. The van der Waals surface area contributed by atoms with Gasteiger partial charge in [-0.05, 0) is 37.6 Å². The number of anilines is 2. The van der Waals surface area contributed by atoms with Gasteiger partial charge in [-0.3, -0.25) is 0 Å². The monoisotopic (exact) mass is 536 g/mol. The molecule has 1 aromatic heterocycles. The minimum atomic E-state index is -3.32. The minimum absolute atomic E-state index is 0.202. The minimum Gasteiger partial charge on any atom is -0.495 e. The number of nitrogens with one attached hydrogen (secondary N) is 2. The first-order valence-corrected chi connectivity index (χ1v) is 15.1. The highest BCUT2D eigenvalue weighted by atomic mass is 32.2. The van der Waals surface area contributed by atoms with Crippen molar-refractivity contribution in [3.63, 3.8) is 0 Å². The predicted molar refractivity (Wildman–Crippen MR) is 151 cm³/mol. The Labute approximate surface area is 223 Å². The van der Waals surface area contributed by atoms with E-state index in [0.29, 0.717) is 30.4 Å². The second kappa shape index (κ2) is 11.9.